The Labute approximate surface area is 139 Å². The summed E-state index contributed by atoms with van der Waals surface area (Å²) >= 11 is 1.72. The third kappa shape index (κ3) is 2.92. The average molecular weight is 326 g/mol. The van der Waals surface area contributed by atoms with Crippen molar-refractivity contribution in [3.8, 4) is 11.9 Å². The van der Waals surface area contributed by atoms with E-state index in [2.05, 4.69) is 42.2 Å². The van der Waals surface area contributed by atoms with Crippen LogP contribution in [0.1, 0.15) is 31.0 Å². The summed E-state index contributed by atoms with van der Waals surface area (Å²) in [5, 5.41) is 16.7. The summed E-state index contributed by atoms with van der Waals surface area (Å²) in [7, 11) is 0. The summed E-state index contributed by atoms with van der Waals surface area (Å²) in [6.45, 7) is 4.15. The van der Waals surface area contributed by atoms with E-state index < -0.39 is 0 Å². The smallest absolute Gasteiger partial charge is 0.243 e. The van der Waals surface area contributed by atoms with Gasteiger partial charge in [-0.25, -0.2) is 0 Å². The number of aromatic nitrogens is 2. The fourth-order valence-corrected chi connectivity index (χ4v) is 3.68. The molecule has 0 aliphatic carbocycles. The molecule has 0 radical (unpaired) electrons. The van der Waals surface area contributed by atoms with Crippen molar-refractivity contribution in [3.05, 3.63) is 53.0 Å². The number of nitrogens with two attached hydrogens (primary N) is 1. The number of H-pyrrole nitrogens is 1. The molecule has 3 rings (SSSR count). The Morgan fingerprint density at radius 2 is 2.13 bits per heavy atom. The first-order chi connectivity index (χ1) is 11.1. The number of ether oxygens (including phenoxy) is 1. The Morgan fingerprint density at radius 1 is 1.39 bits per heavy atom. The van der Waals surface area contributed by atoms with Gasteiger partial charge in [-0.05, 0) is 18.1 Å². The van der Waals surface area contributed by atoms with E-state index in [0.717, 1.165) is 17.0 Å². The van der Waals surface area contributed by atoms with Gasteiger partial charge >= 0.3 is 0 Å². The lowest BCUT2D eigenvalue weighted by Crippen LogP contribution is -2.23. The first kappa shape index (κ1) is 15.5. The predicted molar refractivity (Wildman–Crippen MR) is 89.6 cm³/mol. The van der Waals surface area contributed by atoms with Gasteiger partial charge in [0.05, 0.1) is 11.3 Å². The van der Waals surface area contributed by atoms with Crippen LogP contribution in [0.25, 0.3) is 0 Å². The van der Waals surface area contributed by atoms with Gasteiger partial charge in [0, 0.05) is 22.1 Å². The summed E-state index contributed by atoms with van der Waals surface area (Å²) in [6, 6.07) is 12.4. The first-order valence-electron chi connectivity index (χ1n) is 7.44. The molecule has 0 saturated heterocycles. The normalized spacial score (nSPS) is 16.9. The summed E-state index contributed by atoms with van der Waals surface area (Å²) in [5.41, 5.74) is 8.30. The number of benzene rings is 1. The lowest BCUT2D eigenvalue weighted by Gasteiger charge is -2.26. The highest BCUT2D eigenvalue weighted by Gasteiger charge is 2.35. The van der Waals surface area contributed by atoms with Crippen LogP contribution in [0.5, 0.6) is 5.88 Å². The zero-order chi connectivity index (χ0) is 16.4. The molecule has 23 heavy (non-hydrogen) atoms. The topological polar surface area (TPSA) is 87.7 Å². The van der Waals surface area contributed by atoms with Crippen LogP contribution in [0.3, 0.4) is 0 Å². The maximum atomic E-state index is 9.44. The number of nitriles is 1. The van der Waals surface area contributed by atoms with E-state index >= 15 is 0 Å². The summed E-state index contributed by atoms with van der Waals surface area (Å²) in [4.78, 5) is 1.18. The molecule has 0 saturated carbocycles. The van der Waals surface area contributed by atoms with Gasteiger partial charge in [0.25, 0.3) is 0 Å². The van der Waals surface area contributed by atoms with Crippen LogP contribution in [0.2, 0.25) is 0 Å². The Bertz CT molecular complexity index is 774. The van der Waals surface area contributed by atoms with Crippen molar-refractivity contribution in [1.29, 1.82) is 5.26 Å². The lowest BCUT2D eigenvalue weighted by molar-refractivity contribution is 0.360. The molecule has 2 aromatic rings. The molecule has 0 spiro atoms. The van der Waals surface area contributed by atoms with Gasteiger partial charge in [0.15, 0.2) is 0 Å². The Balaban J connectivity index is 1.91. The third-order valence-corrected chi connectivity index (χ3v) is 4.89. The van der Waals surface area contributed by atoms with E-state index in [4.69, 9.17) is 10.5 Å². The Hall–Kier alpha value is -2.39. The van der Waals surface area contributed by atoms with Crippen LogP contribution in [0.4, 0.5) is 0 Å². The van der Waals surface area contributed by atoms with Gasteiger partial charge in [-0.3, -0.25) is 5.10 Å². The van der Waals surface area contributed by atoms with E-state index in [1.165, 1.54) is 4.90 Å². The van der Waals surface area contributed by atoms with E-state index in [-0.39, 0.29) is 17.7 Å². The number of aromatic amines is 1. The maximum Gasteiger partial charge on any atom is 0.243 e. The van der Waals surface area contributed by atoms with Crippen molar-refractivity contribution >= 4 is 11.8 Å². The monoisotopic (exact) mass is 326 g/mol. The first-order valence-corrected chi connectivity index (χ1v) is 8.43. The van der Waals surface area contributed by atoms with Gasteiger partial charge in [-0.2, -0.15) is 5.26 Å². The molecule has 1 atom stereocenters. The van der Waals surface area contributed by atoms with Crippen molar-refractivity contribution in [3.63, 3.8) is 0 Å². The molecule has 0 amide bonds. The van der Waals surface area contributed by atoms with E-state index in [9.17, 15) is 5.26 Å². The zero-order valence-corrected chi connectivity index (χ0v) is 13.9. The molecule has 0 unspecified atom stereocenters. The minimum atomic E-state index is -0.0890. The molecule has 1 aliphatic rings. The van der Waals surface area contributed by atoms with Crippen LogP contribution < -0.4 is 10.5 Å². The fourth-order valence-electron chi connectivity index (χ4n) is 2.80. The van der Waals surface area contributed by atoms with Crippen molar-refractivity contribution in [1.82, 2.24) is 10.2 Å². The quantitative estimate of drug-likeness (QED) is 0.839. The minimum absolute atomic E-state index is 0.0890. The van der Waals surface area contributed by atoms with Gasteiger partial charge in [-0.1, -0.05) is 32.0 Å². The molecular formula is C17H18N4OS. The predicted octanol–water partition coefficient (Wildman–Crippen LogP) is 3.53. The fraction of sp³-hybridized carbons (Fsp3) is 0.294. The van der Waals surface area contributed by atoms with Gasteiger partial charge in [0.1, 0.15) is 6.07 Å². The largest absolute Gasteiger partial charge is 0.420 e. The molecule has 0 bridgehead atoms. The second-order valence-corrected chi connectivity index (χ2v) is 6.78. The van der Waals surface area contributed by atoms with Crippen molar-refractivity contribution in [2.45, 2.75) is 30.4 Å². The number of nitrogens with zero attached hydrogens (tertiary/aromatic N) is 2. The standard InChI is InChI=1S/C17H18N4OS/c1-10(2)14-12(8-18)16(19)22-17-15(14)13(20-21-17)9-23-11-6-4-3-5-7-11/h3-7,10,14H,9,19H2,1-2H3,(H,20,21)/t14-/m0/s1. The van der Waals surface area contributed by atoms with Gasteiger partial charge < -0.3 is 10.5 Å². The average Bonchev–Trinajstić information content (AvgIpc) is 2.94. The van der Waals surface area contributed by atoms with Gasteiger partial charge in [0.2, 0.25) is 11.8 Å². The molecule has 1 aromatic heterocycles. The van der Waals surface area contributed by atoms with Crippen molar-refractivity contribution in [2.75, 3.05) is 0 Å². The maximum absolute atomic E-state index is 9.44. The second kappa shape index (κ2) is 6.39. The molecule has 1 aromatic carbocycles. The van der Waals surface area contributed by atoms with Crippen molar-refractivity contribution < 1.29 is 4.74 Å². The number of hydrogen-bond donors (Lipinski definition) is 2. The Morgan fingerprint density at radius 3 is 2.78 bits per heavy atom. The summed E-state index contributed by atoms with van der Waals surface area (Å²) in [5.74, 6) is 1.52. The van der Waals surface area contributed by atoms with Crippen molar-refractivity contribution in [2.24, 2.45) is 11.7 Å². The molecule has 0 fully saturated rings. The highest BCUT2D eigenvalue weighted by atomic mass is 32.2. The lowest BCUT2D eigenvalue weighted by atomic mass is 9.82. The second-order valence-electron chi connectivity index (χ2n) is 5.74. The number of thioether (sulfide) groups is 1. The van der Waals surface area contributed by atoms with E-state index in [1.807, 2.05) is 18.2 Å². The minimum Gasteiger partial charge on any atom is -0.420 e. The highest BCUT2D eigenvalue weighted by Crippen LogP contribution is 2.43. The van der Waals surface area contributed by atoms with Crippen LogP contribution >= 0.6 is 11.8 Å². The van der Waals surface area contributed by atoms with Crippen LogP contribution in [0.15, 0.2) is 46.7 Å². The number of nitrogens with one attached hydrogen (secondary N) is 1. The molecule has 1 aliphatic heterocycles. The molecule has 3 N–H and O–H groups in total. The highest BCUT2D eigenvalue weighted by molar-refractivity contribution is 7.98. The molecule has 2 heterocycles. The summed E-state index contributed by atoms with van der Waals surface area (Å²) in [6.07, 6.45) is 0. The van der Waals surface area contributed by atoms with Crippen LogP contribution in [0, 0.1) is 17.2 Å². The third-order valence-electron chi connectivity index (χ3n) is 3.86. The number of fused-ring (bicyclic) bond motifs is 1. The van der Waals surface area contributed by atoms with E-state index in [1.54, 1.807) is 11.8 Å². The molecular weight excluding hydrogens is 308 g/mol. The Kier molecular flexibility index (Phi) is 4.30. The molecule has 5 nitrogen and oxygen atoms in total. The zero-order valence-electron chi connectivity index (χ0n) is 13.0. The molecule has 6 heteroatoms. The number of rotatable bonds is 4. The SMILES string of the molecule is CC(C)[C@H]1C(C#N)=C(N)Oc2n[nH]c(CSc3ccccc3)c21. The number of allylic oxidation sites excluding steroid dienone is 1. The number of hydrogen-bond acceptors (Lipinski definition) is 5. The van der Waals surface area contributed by atoms with Crippen LogP contribution in [-0.4, -0.2) is 10.2 Å². The van der Waals surface area contributed by atoms with Gasteiger partial charge in [-0.15, -0.1) is 16.9 Å². The van der Waals surface area contributed by atoms with Crippen LogP contribution in [-0.2, 0) is 5.75 Å². The summed E-state index contributed by atoms with van der Waals surface area (Å²) < 4.78 is 5.53. The molecule has 118 valence electrons. The van der Waals surface area contributed by atoms with E-state index in [0.29, 0.717) is 11.5 Å².